The standard InChI is InChI=1S/C22H27F3N6O.HI/c1-3-26-21(29-14-17-9-11-27-20(13-17)32-15-22(23,24)25)28-10-6-12-31-16(2)30-18-7-4-5-8-19(18)31;/h4-5,7-9,11,13H,3,6,10,12,14-15H2,1-2H3,(H2,26,28,29);1H. The highest BCUT2D eigenvalue weighted by Crippen LogP contribution is 2.18. The molecule has 2 N–H and O–H groups in total. The van der Waals surface area contributed by atoms with Gasteiger partial charge in [0.15, 0.2) is 12.6 Å². The van der Waals surface area contributed by atoms with Crippen molar-refractivity contribution in [3.8, 4) is 5.88 Å². The Balaban J connectivity index is 0.00000385. The summed E-state index contributed by atoms with van der Waals surface area (Å²) in [5, 5.41) is 6.46. The molecular weight excluding hydrogens is 548 g/mol. The number of ether oxygens (including phenoxy) is 1. The molecule has 0 saturated heterocycles. The van der Waals surface area contributed by atoms with Crippen LogP contribution in [0, 0.1) is 6.92 Å². The molecule has 0 amide bonds. The van der Waals surface area contributed by atoms with Crippen LogP contribution in [0.15, 0.2) is 47.6 Å². The normalized spacial score (nSPS) is 11.8. The first-order valence-electron chi connectivity index (χ1n) is 10.4. The van der Waals surface area contributed by atoms with E-state index in [0.29, 0.717) is 24.6 Å². The number of nitrogens with zero attached hydrogens (tertiary/aromatic N) is 4. The molecule has 33 heavy (non-hydrogen) atoms. The molecule has 3 aromatic rings. The van der Waals surface area contributed by atoms with Gasteiger partial charge in [0.1, 0.15) is 5.82 Å². The van der Waals surface area contributed by atoms with Gasteiger partial charge in [-0.25, -0.2) is 15.0 Å². The van der Waals surface area contributed by atoms with Crippen LogP contribution >= 0.6 is 24.0 Å². The molecule has 2 heterocycles. The molecule has 0 aliphatic carbocycles. The summed E-state index contributed by atoms with van der Waals surface area (Å²) in [6, 6.07) is 11.2. The number of halogens is 4. The predicted molar refractivity (Wildman–Crippen MR) is 133 cm³/mol. The molecular formula is C22H28F3IN6O. The van der Waals surface area contributed by atoms with Crippen molar-refractivity contribution in [1.29, 1.82) is 0 Å². The van der Waals surface area contributed by atoms with Crippen molar-refractivity contribution in [2.24, 2.45) is 4.99 Å². The van der Waals surface area contributed by atoms with E-state index in [0.717, 1.165) is 29.8 Å². The molecule has 0 aliphatic rings. The first-order chi connectivity index (χ1) is 15.4. The second-order valence-corrected chi connectivity index (χ2v) is 7.18. The molecule has 2 aromatic heterocycles. The minimum absolute atomic E-state index is 0. The molecule has 0 fully saturated rings. The summed E-state index contributed by atoms with van der Waals surface area (Å²) in [7, 11) is 0. The smallest absolute Gasteiger partial charge is 0.422 e. The Morgan fingerprint density at radius 2 is 1.97 bits per heavy atom. The Bertz CT molecular complexity index is 1050. The number of guanidine groups is 1. The van der Waals surface area contributed by atoms with Crippen LogP contribution in [-0.2, 0) is 13.1 Å². The lowest BCUT2D eigenvalue weighted by Gasteiger charge is -2.12. The number of pyridine rings is 1. The highest BCUT2D eigenvalue weighted by molar-refractivity contribution is 14.0. The third-order valence-electron chi connectivity index (χ3n) is 4.64. The lowest BCUT2D eigenvalue weighted by molar-refractivity contribution is -0.154. The second kappa shape index (κ2) is 12.6. The van der Waals surface area contributed by atoms with Gasteiger partial charge in [-0.05, 0) is 44.0 Å². The zero-order chi connectivity index (χ0) is 23.0. The quantitative estimate of drug-likeness (QED) is 0.171. The van der Waals surface area contributed by atoms with E-state index in [-0.39, 0.29) is 36.4 Å². The number of alkyl halides is 3. The van der Waals surface area contributed by atoms with Crippen LogP contribution in [0.2, 0.25) is 0 Å². The number of imidazole rings is 1. The fourth-order valence-electron chi connectivity index (χ4n) is 3.22. The zero-order valence-electron chi connectivity index (χ0n) is 18.5. The van der Waals surface area contributed by atoms with E-state index < -0.39 is 12.8 Å². The number of aromatic nitrogens is 3. The van der Waals surface area contributed by atoms with Gasteiger partial charge in [0.2, 0.25) is 5.88 Å². The molecule has 0 bridgehead atoms. The number of para-hydroxylation sites is 2. The predicted octanol–water partition coefficient (Wildman–Crippen LogP) is 4.44. The first-order valence-corrected chi connectivity index (χ1v) is 10.4. The Morgan fingerprint density at radius 1 is 1.18 bits per heavy atom. The van der Waals surface area contributed by atoms with Gasteiger partial charge in [0.05, 0.1) is 17.6 Å². The fraction of sp³-hybridized carbons (Fsp3) is 0.409. The zero-order valence-corrected chi connectivity index (χ0v) is 20.9. The van der Waals surface area contributed by atoms with Crippen LogP contribution < -0.4 is 15.4 Å². The largest absolute Gasteiger partial charge is 0.468 e. The van der Waals surface area contributed by atoms with Crippen molar-refractivity contribution >= 4 is 41.0 Å². The van der Waals surface area contributed by atoms with Gasteiger partial charge >= 0.3 is 6.18 Å². The molecule has 0 radical (unpaired) electrons. The van der Waals surface area contributed by atoms with Gasteiger partial charge < -0.3 is 19.9 Å². The summed E-state index contributed by atoms with van der Waals surface area (Å²) in [5.41, 5.74) is 2.81. The van der Waals surface area contributed by atoms with Gasteiger partial charge in [-0.15, -0.1) is 24.0 Å². The maximum absolute atomic E-state index is 12.3. The molecule has 0 saturated carbocycles. The average molecular weight is 576 g/mol. The number of aliphatic imine (C=N–C) groups is 1. The average Bonchev–Trinajstić information content (AvgIpc) is 3.08. The van der Waals surface area contributed by atoms with Crippen molar-refractivity contribution < 1.29 is 17.9 Å². The summed E-state index contributed by atoms with van der Waals surface area (Å²) in [5.74, 6) is 1.54. The van der Waals surface area contributed by atoms with Crippen molar-refractivity contribution in [3.63, 3.8) is 0 Å². The summed E-state index contributed by atoms with van der Waals surface area (Å²) < 4.78 is 43.9. The number of fused-ring (bicyclic) bond motifs is 1. The van der Waals surface area contributed by atoms with E-state index in [2.05, 4.69) is 36.2 Å². The highest BCUT2D eigenvalue weighted by Gasteiger charge is 2.28. The van der Waals surface area contributed by atoms with Gasteiger partial charge in [-0.2, -0.15) is 13.2 Å². The molecule has 180 valence electrons. The Hall–Kier alpha value is -2.57. The fourth-order valence-corrected chi connectivity index (χ4v) is 3.22. The summed E-state index contributed by atoms with van der Waals surface area (Å²) in [6.07, 6.45) is -2.12. The Kier molecular flexibility index (Phi) is 10.2. The van der Waals surface area contributed by atoms with Crippen LogP contribution in [0.1, 0.15) is 24.7 Å². The SMILES string of the molecule is CCNC(=NCc1ccnc(OCC(F)(F)F)c1)NCCCn1c(C)nc2ccccc21.I. The van der Waals surface area contributed by atoms with Crippen molar-refractivity contribution in [2.75, 3.05) is 19.7 Å². The molecule has 3 rings (SSSR count). The number of aryl methyl sites for hydroxylation is 2. The highest BCUT2D eigenvalue weighted by atomic mass is 127. The number of hydrogen-bond acceptors (Lipinski definition) is 4. The second-order valence-electron chi connectivity index (χ2n) is 7.18. The van der Waals surface area contributed by atoms with E-state index in [1.165, 1.54) is 12.3 Å². The van der Waals surface area contributed by atoms with E-state index in [1.807, 2.05) is 32.0 Å². The molecule has 0 atom stereocenters. The number of rotatable bonds is 9. The third kappa shape index (κ3) is 8.37. The minimum Gasteiger partial charge on any atom is -0.468 e. The van der Waals surface area contributed by atoms with Gasteiger partial charge in [0, 0.05) is 31.9 Å². The number of benzene rings is 1. The Labute approximate surface area is 207 Å². The maximum Gasteiger partial charge on any atom is 0.422 e. The van der Waals surface area contributed by atoms with Crippen molar-refractivity contribution in [1.82, 2.24) is 25.2 Å². The van der Waals surface area contributed by atoms with Gasteiger partial charge in [-0.3, -0.25) is 0 Å². The van der Waals surface area contributed by atoms with Crippen LogP contribution in [0.3, 0.4) is 0 Å². The van der Waals surface area contributed by atoms with E-state index in [9.17, 15) is 13.2 Å². The van der Waals surface area contributed by atoms with Crippen LogP contribution in [0.25, 0.3) is 11.0 Å². The minimum atomic E-state index is -4.40. The maximum atomic E-state index is 12.3. The van der Waals surface area contributed by atoms with E-state index in [4.69, 9.17) is 4.74 Å². The summed E-state index contributed by atoms with van der Waals surface area (Å²) in [4.78, 5) is 12.9. The monoisotopic (exact) mass is 576 g/mol. The van der Waals surface area contributed by atoms with Crippen molar-refractivity contribution in [2.45, 2.75) is 39.5 Å². The number of hydrogen-bond donors (Lipinski definition) is 2. The molecule has 7 nitrogen and oxygen atoms in total. The van der Waals surface area contributed by atoms with Gasteiger partial charge in [-0.1, -0.05) is 12.1 Å². The third-order valence-corrected chi connectivity index (χ3v) is 4.64. The molecule has 0 unspecified atom stereocenters. The lowest BCUT2D eigenvalue weighted by Crippen LogP contribution is -2.38. The lowest BCUT2D eigenvalue weighted by atomic mass is 10.3. The van der Waals surface area contributed by atoms with Crippen LogP contribution in [0.5, 0.6) is 5.88 Å². The molecule has 1 aromatic carbocycles. The van der Waals surface area contributed by atoms with Gasteiger partial charge in [0.25, 0.3) is 0 Å². The van der Waals surface area contributed by atoms with Crippen LogP contribution in [-0.4, -0.2) is 46.4 Å². The van der Waals surface area contributed by atoms with Crippen molar-refractivity contribution in [3.05, 3.63) is 54.0 Å². The summed E-state index contributed by atoms with van der Waals surface area (Å²) in [6.45, 7) is 5.09. The molecule has 0 aliphatic heterocycles. The van der Waals surface area contributed by atoms with E-state index >= 15 is 0 Å². The number of nitrogens with one attached hydrogen (secondary N) is 2. The summed E-state index contributed by atoms with van der Waals surface area (Å²) >= 11 is 0. The van der Waals surface area contributed by atoms with E-state index in [1.54, 1.807) is 6.07 Å². The molecule has 0 spiro atoms. The topological polar surface area (TPSA) is 76.4 Å². The Morgan fingerprint density at radius 3 is 2.73 bits per heavy atom. The first kappa shape index (κ1) is 26.7. The van der Waals surface area contributed by atoms with Crippen LogP contribution in [0.4, 0.5) is 13.2 Å². The molecule has 11 heteroatoms.